The lowest BCUT2D eigenvalue weighted by Gasteiger charge is -2.16. The predicted octanol–water partition coefficient (Wildman–Crippen LogP) is 2.74. The van der Waals surface area contributed by atoms with Crippen LogP contribution in [0.3, 0.4) is 0 Å². The van der Waals surface area contributed by atoms with Gasteiger partial charge in [-0.2, -0.15) is 0 Å². The monoisotopic (exact) mass is 269 g/mol. The second-order valence-electron chi connectivity index (χ2n) is 5.35. The van der Waals surface area contributed by atoms with E-state index in [-0.39, 0.29) is 0 Å². The van der Waals surface area contributed by atoms with Crippen molar-refractivity contribution in [3.8, 4) is 0 Å². The zero-order chi connectivity index (χ0) is 14.4. The first-order valence-electron chi connectivity index (χ1n) is 7.00. The highest BCUT2D eigenvalue weighted by Crippen LogP contribution is 2.09. The molecule has 0 saturated carbocycles. The molecule has 0 spiro atoms. The number of nitrogens with zero attached hydrogens (tertiary/aromatic N) is 2. The average Bonchev–Trinajstić information content (AvgIpc) is 2.44. The molecular formula is C17H23N3. The molecule has 1 aromatic heterocycles. The first-order valence-corrected chi connectivity index (χ1v) is 7.00. The van der Waals surface area contributed by atoms with E-state index in [4.69, 9.17) is 0 Å². The molecule has 0 aliphatic heterocycles. The van der Waals surface area contributed by atoms with Crippen LogP contribution in [-0.2, 0) is 19.6 Å². The third kappa shape index (κ3) is 4.44. The summed E-state index contributed by atoms with van der Waals surface area (Å²) in [5.74, 6) is 0. The molecule has 106 valence electrons. The van der Waals surface area contributed by atoms with Crippen molar-refractivity contribution in [1.82, 2.24) is 15.2 Å². The molecule has 0 radical (unpaired) electrons. The highest BCUT2D eigenvalue weighted by atomic mass is 15.1. The van der Waals surface area contributed by atoms with Crippen LogP contribution in [-0.4, -0.2) is 24.0 Å². The molecule has 1 heterocycles. The van der Waals surface area contributed by atoms with Gasteiger partial charge < -0.3 is 5.32 Å². The molecule has 0 aliphatic carbocycles. The summed E-state index contributed by atoms with van der Waals surface area (Å²) in [6.07, 6.45) is 1.95. The fourth-order valence-electron chi connectivity index (χ4n) is 2.19. The first kappa shape index (κ1) is 14.7. The van der Waals surface area contributed by atoms with Gasteiger partial charge in [0.05, 0.1) is 5.69 Å². The Labute approximate surface area is 121 Å². The van der Waals surface area contributed by atoms with E-state index < -0.39 is 0 Å². The molecular weight excluding hydrogens is 246 g/mol. The van der Waals surface area contributed by atoms with Gasteiger partial charge in [0.2, 0.25) is 0 Å². The second kappa shape index (κ2) is 7.17. The molecule has 1 N–H and O–H groups in total. The molecule has 20 heavy (non-hydrogen) atoms. The van der Waals surface area contributed by atoms with Gasteiger partial charge in [-0.3, -0.25) is 9.88 Å². The Morgan fingerprint density at radius 1 is 1.00 bits per heavy atom. The number of hydrogen-bond donors (Lipinski definition) is 1. The fraction of sp³-hybridized carbons (Fsp3) is 0.353. The van der Waals surface area contributed by atoms with Crippen molar-refractivity contribution < 1.29 is 0 Å². The van der Waals surface area contributed by atoms with Crippen LogP contribution >= 0.6 is 0 Å². The van der Waals surface area contributed by atoms with Crippen LogP contribution in [0.25, 0.3) is 0 Å². The maximum atomic E-state index is 4.51. The molecule has 0 bridgehead atoms. The average molecular weight is 269 g/mol. The number of aromatic nitrogens is 1. The second-order valence-corrected chi connectivity index (χ2v) is 5.35. The van der Waals surface area contributed by atoms with E-state index in [2.05, 4.69) is 65.6 Å². The van der Waals surface area contributed by atoms with Gasteiger partial charge in [-0.25, -0.2) is 0 Å². The van der Waals surface area contributed by atoms with Crippen molar-refractivity contribution in [3.05, 3.63) is 65.0 Å². The number of rotatable bonds is 6. The van der Waals surface area contributed by atoms with E-state index in [9.17, 15) is 0 Å². The predicted molar refractivity (Wildman–Crippen MR) is 83.4 cm³/mol. The molecule has 0 saturated heterocycles. The van der Waals surface area contributed by atoms with Crippen LogP contribution < -0.4 is 5.32 Å². The summed E-state index contributed by atoms with van der Waals surface area (Å²) in [6.45, 7) is 4.80. The zero-order valence-corrected chi connectivity index (χ0v) is 12.6. The molecule has 3 nitrogen and oxygen atoms in total. The Morgan fingerprint density at radius 2 is 1.70 bits per heavy atom. The maximum Gasteiger partial charge on any atom is 0.0544 e. The standard InChI is InChI=1S/C17H23N3/c1-14-4-6-15(7-5-14)12-20(3)13-17-9-8-16(10-18-2)11-19-17/h4-9,11,18H,10,12-13H2,1-3H3. The van der Waals surface area contributed by atoms with Crippen molar-refractivity contribution in [1.29, 1.82) is 0 Å². The topological polar surface area (TPSA) is 28.2 Å². The van der Waals surface area contributed by atoms with Crippen LogP contribution in [0.5, 0.6) is 0 Å². The maximum absolute atomic E-state index is 4.51. The SMILES string of the molecule is CNCc1ccc(CN(C)Cc2ccc(C)cc2)nc1. The summed E-state index contributed by atoms with van der Waals surface area (Å²) in [4.78, 5) is 6.79. The fourth-order valence-corrected chi connectivity index (χ4v) is 2.19. The van der Waals surface area contributed by atoms with E-state index in [0.29, 0.717) is 0 Å². The molecule has 1 aromatic carbocycles. The van der Waals surface area contributed by atoms with Gasteiger partial charge >= 0.3 is 0 Å². The van der Waals surface area contributed by atoms with Crippen molar-refractivity contribution >= 4 is 0 Å². The minimum Gasteiger partial charge on any atom is -0.316 e. The summed E-state index contributed by atoms with van der Waals surface area (Å²) in [5.41, 5.74) is 4.97. The molecule has 2 aromatic rings. The Hall–Kier alpha value is -1.71. The molecule has 0 amide bonds. The van der Waals surface area contributed by atoms with Crippen LogP contribution in [0.4, 0.5) is 0 Å². The molecule has 2 rings (SSSR count). The minimum absolute atomic E-state index is 0.868. The number of aryl methyl sites for hydroxylation is 1. The summed E-state index contributed by atoms with van der Waals surface area (Å²) < 4.78 is 0. The molecule has 0 aliphatic rings. The van der Waals surface area contributed by atoms with Gasteiger partial charge in [0.1, 0.15) is 0 Å². The quantitative estimate of drug-likeness (QED) is 0.874. The number of pyridine rings is 1. The van der Waals surface area contributed by atoms with E-state index >= 15 is 0 Å². The summed E-state index contributed by atoms with van der Waals surface area (Å²) >= 11 is 0. The highest BCUT2D eigenvalue weighted by Gasteiger charge is 2.03. The van der Waals surface area contributed by atoms with Gasteiger partial charge in [0.25, 0.3) is 0 Å². The van der Waals surface area contributed by atoms with Gasteiger partial charge in [0, 0.05) is 25.8 Å². The largest absolute Gasteiger partial charge is 0.316 e. The smallest absolute Gasteiger partial charge is 0.0544 e. The lowest BCUT2D eigenvalue weighted by Crippen LogP contribution is -2.18. The number of benzene rings is 1. The van der Waals surface area contributed by atoms with Gasteiger partial charge in [0.15, 0.2) is 0 Å². The normalized spacial score (nSPS) is 11.0. The van der Waals surface area contributed by atoms with Gasteiger partial charge in [-0.05, 0) is 38.2 Å². The third-order valence-electron chi connectivity index (χ3n) is 3.27. The Morgan fingerprint density at radius 3 is 2.30 bits per heavy atom. The van der Waals surface area contributed by atoms with E-state index in [0.717, 1.165) is 25.3 Å². The van der Waals surface area contributed by atoms with Crippen LogP contribution in [0.2, 0.25) is 0 Å². The molecule has 0 atom stereocenters. The Kier molecular flexibility index (Phi) is 5.27. The lowest BCUT2D eigenvalue weighted by molar-refractivity contribution is 0.315. The van der Waals surface area contributed by atoms with Crippen molar-refractivity contribution in [3.63, 3.8) is 0 Å². The van der Waals surface area contributed by atoms with Crippen molar-refractivity contribution in [2.45, 2.75) is 26.6 Å². The molecule has 0 fully saturated rings. The van der Waals surface area contributed by atoms with Crippen molar-refractivity contribution in [2.24, 2.45) is 0 Å². The summed E-state index contributed by atoms with van der Waals surface area (Å²) in [7, 11) is 4.08. The van der Waals surface area contributed by atoms with Gasteiger partial charge in [-0.1, -0.05) is 35.9 Å². The Bertz CT molecular complexity index is 517. The third-order valence-corrected chi connectivity index (χ3v) is 3.27. The zero-order valence-electron chi connectivity index (χ0n) is 12.6. The van der Waals surface area contributed by atoms with Gasteiger partial charge in [-0.15, -0.1) is 0 Å². The van der Waals surface area contributed by atoms with Crippen LogP contribution in [0.15, 0.2) is 42.6 Å². The first-order chi connectivity index (χ1) is 9.67. The van der Waals surface area contributed by atoms with E-state index in [1.165, 1.54) is 16.7 Å². The Balaban J connectivity index is 1.90. The van der Waals surface area contributed by atoms with Crippen LogP contribution in [0.1, 0.15) is 22.4 Å². The lowest BCUT2D eigenvalue weighted by atomic mass is 10.1. The van der Waals surface area contributed by atoms with Crippen LogP contribution in [0, 0.1) is 6.92 Å². The minimum atomic E-state index is 0.868. The number of nitrogens with one attached hydrogen (secondary N) is 1. The van der Waals surface area contributed by atoms with E-state index in [1.54, 1.807) is 0 Å². The highest BCUT2D eigenvalue weighted by molar-refractivity contribution is 5.21. The van der Waals surface area contributed by atoms with Crippen molar-refractivity contribution in [2.75, 3.05) is 14.1 Å². The summed E-state index contributed by atoms with van der Waals surface area (Å²) in [6, 6.07) is 12.9. The number of hydrogen-bond acceptors (Lipinski definition) is 3. The summed E-state index contributed by atoms with van der Waals surface area (Å²) in [5, 5.41) is 3.13. The molecule has 0 unspecified atom stereocenters. The molecule has 3 heteroatoms. The van der Waals surface area contributed by atoms with E-state index in [1.807, 2.05) is 13.2 Å².